The van der Waals surface area contributed by atoms with Crippen molar-refractivity contribution in [1.82, 2.24) is 15.3 Å². The van der Waals surface area contributed by atoms with Gasteiger partial charge in [0.05, 0.1) is 13.2 Å². The molecule has 0 radical (unpaired) electrons. The Morgan fingerprint density at radius 1 is 1.11 bits per heavy atom. The van der Waals surface area contributed by atoms with Crippen LogP contribution in [0.5, 0.6) is 0 Å². The van der Waals surface area contributed by atoms with E-state index in [0.29, 0.717) is 25.7 Å². The molecule has 3 N–H and O–H groups in total. The molecule has 1 aromatic heterocycles. The normalized spacial score (nSPS) is 13.9. The molecular formula is C18H22F2N6O2. The first kappa shape index (κ1) is 19.7. The van der Waals surface area contributed by atoms with E-state index in [4.69, 9.17) is 4.74 Å². The summed E-state index contributed by atoms with van der Waals surface area (Å²) in [6.07, 6.45) is 0. The number of urea groups is 1. The monoisotopic (exact) mass is 392 g/mol. The van der Waals surface area contributed by atoms with E-state index >= 15 is 0 Å². The van der Waals surface area contributed by atoms with Crippen LogP contribution in [0.15, 0.2) is 24.3 Å². The lowest BCUT2D eigenvalue weighted by Crippen LogP contribution is -2.37. The zero-order chi connectivity index (χ0) is 19.9. The first-order valence-electron chi connectivity index (χ1n) is 8.93. The summed E-state index contributed by atoms with van der Waals surface area (Å²) >= 11 is 0. The van der Waals surface area contributed by atoms with Gasteiger partial charge >= 0.3 is 6.03 Å². The van der Waals surface area contributed by atoms with E-state index in [1.807, 2.05) is 13.0 Å². The number of morpholine rings is 1. The lowest BCUT2D eigenvalue weighted by atomic mass is 10.3. The molecule has 0 atom stereocenters. The van der Waals surface area contributed by atoms with Crippen LogP contribution in [0.1, 0.15) is 5.69 Å². The number of aromatic nitrogens is 2. The van der Waals surface area contributed by atoms with Crippen molar-refractivity contribution in [3.8, 4) is 0 Å². The number of amides is 2. The van der Waals surface area contributed by atoms with Crippen LogP contribution in [0.3, 0.4) is 0 Å². The van der Waals surface area contributed by atoms with Gasteiger partial charge in [-0.1, -0.05) is 0 Å². The molecule has 8 nitrogen and oxygen atoms in total. The predicted octanol–water partition coefficient (Wildman–Crippen LogP) is 2.13. The summed E-state index contributed by atoms with van der Waals surface area (Å²) in [7, 11) is 0. The average molecular weight is 392 g/mol. The number of hydrogen-bond acceptors (Lipinski definition) is 6. The van der Waals surface area contributed by atoms with Crippen LogP contribution in [-0.4, -0.2) is 55.4 Å². The highest BCUT2D eigenvalue weighted by atomic mass is 19.1. The molecule has 0 spiro atoms. The fourth-order valence-electron chi connectivity index (χ4n) is 2.74. The molecular weight excluding hydrogens is 370 g/mol. The molecule has 1 aliphatic rings. The van der Waals surface area contributed by atoms with Gasteiger partial charge in [0.1, 0.15) is 17.5 Å². The largest absolute Gasteiger partial charge is 0.378 e. The first-order chi connectivity index (χ1) is 13.5. The highest BCUT2D eigenvalue weighted by Gasteiger charge is 2.14. The van der Waals surface area contributed by atoms with Crippen molar-refractivity contribution >= 4 is 23.5 Å². The highest BCUT2D eigenvalue weighted by Crippen LogP contribution is 2.16. The number of carbonyl (C=O) groups excluding carboxylic acids is 1. The lowest BCUT2D eigenvalue weighted by Gasteiger charge is -2.28. The molecule has 0 bridgehead atoms. The van der Waals surface area contributed by atoms with Crippen molar-refractivity contribution < 1.29 is 18.3 Å². The lowest BCUT2D eigenvalue weighted by molar-refractivity contribution is 0.122. The number of hydrogen-bond donors (Lipinski definition) is 3. The van der Waals surface area contributed by atoms with Crippen LogP contribution in [0, 0.1) is 18.6 Å². The van der Waals surface area contributed by atoms with Crippen LogP contribution in [-0.2, 0) is 4.74 Å². The van der Waals surface area contributed by atoms with Crippen LogP contribution >= 0.6 is 0 Å². The molecule has 1 saturated heterocycles. The molecule has 3 rings (SSSR count). The minimum Gasteiger partial charge on any atom is -0.378 e. The van der Waals surface area contributed by atoms with Gasteiger partial charge in [0.2, 0.25) is 5.95 Å². The fourth-order valence-corrected chi connectivity index (χ4v) is 2.74. The standard InChI is InChI=1S/C18H22F2N6O2/c1-12-8-16(26-4-6-28-7-5-26)25-17(23-12)21-2-3-22-18(27)24-15-10-13(19)9-14(20)11-15/h8-11H,2-7H2,1H3,(H,21,23,25)(H2,22,24,27). The molecule has 1 aliphatic heterocycles. The Labute approximate surface area is 161 Å². The maximum atomic E-state index is 13.1. The molecule has 2 aromatic rings. The number of ether oxygens (including phenoxy) is 1. The Hall–Kier alpha value is -3.01. The molecule has 0 aliphatic carbocycles. The minimum absolute atomic E-state index is 0.0418. The summed E-state index contributed by atoms with van der Waals surface area (Å²) in [5.41, 5.74) is 0.873. The van der Waals surface area contributed by atoms with E-state index in [2.05, 4.69) is 30.8 Å². The number of nitrogens with zero attached hydrogens (tertiary/aromatic N) is 3. The van der Waals surface area contributed by atoms with Gasteiger partial charge in [-0.15, -0.1) is 0 Å². The first-order valence-corrected chi connectivity index (χ1v) is 8.93. The fraction of sp³-hybridized carbons (Fsp3) is 0.389. The third kappa shape index (κ3) is 5.74. The Balaban J connectivity index is 1.46. The van der Waals surface area contributed by atoms with Crippen LogP contribution in [0.4, 0.5) is 31.0 Å². The topological polar surface area (TPSA) is 91.4 Å². The van der Waals surface area contributed by atoms with Crippen molar-refractivity contribution in [3.63, 3.8) is 0 Å². The van der Waals surface area contributed by atoms with Crippen molar-refractivity contribution in [3.05, 3.63) is 41.6 Å². The Morgan fingerprint density at radius 3 is 2.54 bits per heavy atom. The summed E-state index contributed by atoms with van der Waals surface area (Å²) in [5, 5.41) is 8.03. The van der Waals surface area contributed by atoms with E-state index in [0.717, 1.165) is 42.8 Å². The van der Waals surface area contributed by atoms with Crippen molar-refractivity contribution in [2.75, 3.05) is 54.9 Å². The smallest absolute Gasteiger partial charge is 0.319 e. The summed E-state index contributed by atoms with van der Waals surface area (Å²) in [6, 6.07) is 4.16. The second kappa shape index (κ2) is 9.27. The summed E-state index contributed by atoms with van der Waals surface area (Å²) in [6.45, 7) is 5.43. The van der Waals surface area contributed by atoms with Crippen LogP contribution < -0.4 is 20.9 Å². The predicted molar refractivity (Wildman–Crippen MR) is 102 cm³/mol. The number of rotatable bonds is 6. The molecule has 10 heteroatoms. The molecule has 0 unspecified atom stereocenters. The zero-order valence-electron chi connectivity index (χ0n) is 15.5. The van der Waals surface area contributed by atoms with Gasteiger partial charge < -0.3 is 25.6 Å². The molecule has 150 valence electrons. The van der Waals surface area contributed by atoms with Gasteiger partial charge in [-0.05, 0) is 19.1 Å². The number of benzene rings is 1. The van der Waals surface area contributed by atoms with Gasteiger partial charge in [-0.3, -0.25) is 0 Å². The van der Waals surface area contributed by atoms with Gasteiger partial charge in [-0.2, -0.15) is 4.98 Å². The summed E-state index contributed by atoms with van der Waals surface area (Å²) < 4.78 is 31.6. The molecule has 2 heterocycles. The third-order valence-electron chi connectivity index (χ3n) is 3.99. The summed E-state index contributed by atoms with van der Waals surface area (Å²) in [5.74, 6) is -0.220. The second-order valence-corrected chi connectivity index (χ2v) is 6.26. The van der Waals surface area contributed by atoms with E-state index < -0.39 is 17.7 Å². The Kier molecular flexibility index (Phi) is 6.53. The van der Waals surface area contributed by atoms with Gasteiger partial charge in [0.15, 0.2) is 0 Å². The molecule has 1 fully saturated rings. The van der Waals surface area contributed by atoms with Crippen LogP contribution in [0.25, 0.3) is 0 Å². The number of anilines is 3. The summed E-state index contributed by atoms with van der Waals surface area (Å²) in [4.78, 5) is 22.8. The average Bonchev–Trinajstić information content (AvgIpc) is 2.65. The van der Waals surface area contributed by atoms with E-state index in [1.54, 1.807) is 0 Å². The number of halogens is 2. The molecule has 1 aromatic carbocycles. The zero-order valence-corrected chi connectivity index (χ0v) is 15.5. The van der Waals surface area contributed by atoms with Crippen molar-refractivity contribution in [2.24, 2.45) is 0 Å². The quantitative estimate of drug-likeness (QED) is 0.653. The number of carbonyl (C=O) groups is 1. The van der Waals surface area contributed by atoms with Crippen molar-refractivity contribution in [1.29, 1.82) is 0 Å². The maximum absolute atomic E-state index is 13.1. The van der Waals surface area contributed by atoms with Gasteiger partial charge in [0.25, 0.3) is 0 Å². The third-order valence-corrected chi connectivity index (χ3v) is 3.99. The molecule has 0 saturated carbocycles. The van der Waals surface area contributed by atoms with Gasteiger partial charge in [0, 0.05) is 49.7 Å². The van der Waals surface area contributed by atoms with Crippen molar-refractivity contribution in [2.45, 2.75) is 6.92 Å². The SMILES string of the molecule is Cc1cc(N2CCOCC2)nc(NCCNC(=O)Nc2cc(F)cc(F)c2)n1. The number of aryl methyl sites for hydroxylation is 1. The van der Waals surface area contributed by atoms with E-state index in [1.165, 1.54) is 0 Å². The molecule has 2 amide bonds. The Bertz CT molecular complexity index is 809. The molecule has 28 heavy (non-hydrogen) atoms. The minimum atomic E-state index is -0.760. The Morgan fingerprint density at radius 2 is 1.82 bits per heavy atom. The van der Waals surface area contributed by atoms with E-state index in [9.17, 15) is 13.6 Å². The second-order valence-electron chi connectivity index (χ2n) is 6.26. The van der Waals surface area contributed by atoms with E-state index in [-0.39, 0.29) is 12.2 Å². The maximum Gasteiger partial charge on any atom is 0.319 e. The highest BCUT2D eigenvalue weighted by molar-refractivity contribution is 5.89. The van der Waals surface area contributed by atoms with Gasteiger partial charge in [-0.25, -0.2) is 18.6 Å². The van der Waals surface area contributed by atoms with Crippen LogP contribution in [0.2, 0.25) is 0 Å². The number of nitrogens with one attached hydrogen (secondary N) is 3.